The average Bonchev–Trinajstić information content (AvgIpc) is 2.10. The third kappa shape index (κ3) is 2.09. The van der Waals surface area contributed by atoms with Gasteiger partial charge >= 0.3 is 5.97 Å². The number of esters is 1. The van der Waals surface area contributed by atoms with Gasteiger partial charge in [0.2, 0.25) is 0 Å². The molecular weight excluding hydrogens is 290 g/mol. The maximum absolute atomic E-state index is 13.0. The number of ether oxygens (including phenoxy) is 1. The molecule has 1 N–H and O–H groups in total. The SMILES string of the molecule is COC(=O)c1cc(I)c(O)cc1F. The molecule has 0 radical (unpaired) electrons. The fourth-order valence-electron chi connectivity index (χ4n) is 0.803. The van der Waals surface area contributed by atoms with Crippen LogP contribution in [-0.4, -0.2) is 18.2 Å². The predicted octanol–water partition coefficient (Wildman–Crippen LogP) is 1.92. The van der Waals surface area contributed by atoms with Gasteiger partial charge in [-0.15, -0.1) is 0 Å². The fraction of sp³-hybridized carbons (Fsp3) is 0.125. The highest BCUT2D eigenvalue weighted by atomic mass is 127. The molecule has 0 aliphatic carbocycles. The van der Waals surface area contributed by atoms with E-state index >= 15 is 0 Å². The highest BCUT2D eigenvalue weighted by Crippen LogP contribution is 2.23. The maximum atomic E-state index is 13.0. The van der Waals surface area contributed by atoms with E-state index in [1.54, 1.807) is 22.6 Å². The molecule has 0 spiro atoms. The Labute approximate surface area is 87.7 Å². The molecule has 0 fully saturated rings. The summed E-state index contributed by atoms with van der Waals surface area (Å²) in [5, 5.41) is 9.08. The number of carbonyl (C=O) groups is 1. The number of phenols is 1. The first-order chi connectivity index (χ1) is 6.06. The summed E-state index contributed by atoms with van der Waals surface area (Å²) < 4.78 is 17.8. The lowest BCUT2D eigenvalue weighted by Gasteiger charge is -2.02. The van der Waals surface area contributed by atoms with Gasteiger partial charge in [-0.3, -0.25) is 0 Å². The molecule has 0 saturated carbocycles. The molecule has 5 heteroatoms. The molecule has 0 amide bonds. The molecule has 0 aromatic heterocycles. The summed E-state index contributed by atoms with van der Waals surface area (Å²) in [6.45, 7) is 0. The first-order valence-electron chi connectivity index (χ1n) is 3.32. The van der Waals surface area contributed by atoms with Crippen molar-refractivity contribution in [1.29, 1.82) is 0 Å². The highest BCUT2D eigenvalue weighted by molar-refractivity contribution is 14.1. The molecule has 0 heterocycles. The van der Waals surface area contributed by atoms with Crippen molar-refractivity contribution in [2.24, 2.45) is 0 Å². The van der Waals surface area contributed by atoms with Crippen LogP contribution < -0.4 is 0 Å². The van der Waals surface area contributed by atoms with Crippen LogP contribution in [0.1, 0.15) is 10.4 Å². The zero-order chi connectivity index (χ0) is 10.0. The van der Waals surface area contributed by atoms with E-state index in [4.69, 9.17) is 5.11 Å². The molecule has 0 aliphatic heterocycles. The molecular formula is C8H6FIO3. The zero-order valence-corrected chi connectivity index (χ0v) is 8.83. The Balaban J connectivity index is 3.23. The van der Waals surface area contributed by atoms with E-state index in [1.807, 2.05) is 0 Å². The minimum atomic E-state index is -0.787. The third-order valence-electron chi connectivity index (χ3n) is 1.44. The van der Waals surface area contributed by atoms with Crippen molar-refractivity contribution < 1.29 is 19.0 Å². The molecule has 70 valence electrons. The quantitative estimate of drug-likeness (QED) is 0.636. The van der Waals surface area contributed by atoms with Crippen molar-refractivity contribution in [3.63, 3.8) is 0 Å². The molecule has 1 rings (SSSR count). The summed E-state index contributed by atoms with van der Waals surface area (Å²) in [5.41, 5.74) is -0.176. The van der Waals surface area contributed by atoms with E-state index in [9.17, 15) is 9.18 Å². The van der Waals surface area contributed by atoms with Crippen LogP contribution >= 0.6 is 22.6 Å². The van der Waals surface area contributed by atoms with Gasteiger partial charge in [-0.2, -0.15) is 0 Å². The van der Waals surface area contributed by atoms with Gasteiger partial charge in [0.15, 0.2) is 0 Å². The Morgan fingerprint density at radius 2 is 2.23 bits per heavy atom. The Hall–Kier alpha value is -0.850. The Morgan fingerprint density at radius 1 is 1.62 bits per heavy atom. The van der Waals surface area contributed by atoms with E-state index in [0.29, 0.717) is 3.57 Å². The largest absolute Gasteiger partial charge is 0.507 e. The van der Waals surface area contributed by atoms with E-state index in [0.717, 1.165) is 6.07 Å². The van der Waals surface area contributed by atoms with Gasteiger partial charge in [0.05, 0.1) is 16.2 Å². The van der Waals surface area contributed by atoms with Gasteiger partial charge in [-0.1, -0.05) is 0 Å². The standard InChI is InChI=1S/C8H6FIO3/c1-13-8(12)4-2-6(10)7(11)3-5(4)9/h2-3,11H,1H3. The van der Waals surface area contributed by atoms with E-state index in [1.165, 1.54) is 13.2 Å². The van der Waals surface area contributed by atoms with E-state index < -0.39 is 11.8 Å². The number of carbonyl (C=O) groups excluding carboxylic acids is 1. The maximum Gasteiger partial charge on any atom is 0.340 e. The Bertz CT molecular complexity index is 351. The van der Waals surface area contributed by atoms with Gasteiger partial charge in [-0.25, -0.2) is 9.18 Å². The summed E-state index contributed by atoms with van der Waals surface area (Å²) in [7, 11) is 1.17. The first kappa shape index (κ1) is 10.2. The second-order valence-corrected chi connectivity index (χ2v) is 3.44. The average molecular weight is 296 g/mol. The third-order valence-corrected chi connectivity index (χ3v) is 2.31. The van der Waals surface area contributed by atoms with Crippen LogP contribution in [0.3, 0.4) is 0 Å². The molecule has 0 saturated heterocycles. The van der Waals surface area contributed by atoms with Gasteiger partial charge in [0, 0.05) is 6.07 Å². The molecule has 0 atom stereocenters. The van der Waals surface area contributed by atoms with Crippen LogP contribution in [0.5, 0.6) is 5.75 Å². The zero-order valence-electron chi connectivity index (χ0n) is 6.67. The van der Waals surface area contributed by atoms with Crippen molar-refractivity contribution in [1.82, 2.24) is 0 Å². The van der Waals surface area contributed by atoms with Gasteiger partial charge in [-0.05, 0) is 28.7 Å². The highest BCUT2D eigenvalue weighted by Gasteiger charge is 2.14. The molecule has 1 aromatic rings. The summed E-state index contributed by atoms with van der Waals surface area (Å²) in [6, 6.07) is 2.12. The number of methoxy groups -OCH3 is 1. The molecule has 3 nitrogen and oxygen atoms in total. The van der Waals surface area contributed by atoms with Crippen molar-refractivity contribution in [3.8, 4) is 5.75 Å². The predicted molar refractivity (Wildman–Crippen MR) is 52.1 cm³/mol. The smallest absolute Gasteiger partial charge is 0.340 e. The lowest BCUT2D eigenvalue weighted by molar-refractivity contribution is 0.0595. The Kier molecular flexibility index (Phi) is 3.07. The molecule has 0 aliphatic rings. The van der Waals surface area contributed by atoms with E-state index in [2.05, 4.69) is 4.74 Å². The van der Waals surface area contributed by atoms with Crippen LogP contribution in [0.4, 0.5) is 4.39 Å². The van der Waals surface area contributed by atoms with Gasteiger partial charge < -0.3 is 9.84 Å². The van der Waals surface area contributed by atoms with Crippen LogP contribution in [0.15, 0.2) is 12.1 Å². The number of rotatable bonds is 1. The number of aromatic hydroxyl groups is 1. The number of hydrogen-bond acceptors (Lipinski definition) is 3. The minimum absolute atomic E-state index is 0.176. The topological polar surface area (TPSA) is 46.5 Å². The lowest BCUT2D eigenvalue weighted by Crippen LogP contribution is -2.04. The van der Waals surface area contributed by atoms with Crippen LogP contribution in [0.25, 0.3) is 0 Å². The minimum Gasteiger partial charge on any atom is -0.507 e. The first-order valence-corrected chi connectivity index (χ1v) is 4.40. The number of phenolic OH excluding ortho intramolecular Hbond substituents is 1. The van der Waals surface area contributed by atoms with Crippen LogP contribution in [0.2, 0.25) is 0 Å². The van der Waals surface area contributed by atoms with E-state index in [-0.39, 0.29) is 11.3 Å². The lowest BCUT2D eigenvalue weighted by atomic mass is 10.2. The fourth-order valence-corrected chi connectivity index (χ4v) is 1.27. The van der Waals surface area contributed by atoms with Crippen LogP contribution in [0, 0.1) is 9.39 Å². The Morgan fingerprint density at radius 3 is 2.77 bits per heavy atom. The normalized spacial score (nSPS) is 9.77. The summed E-state index contributed by atoms with van der Waals surface area (Å²) in [5.74, 6) is -1.73. The second kappa shape index (κ2) is 3.91. The summed E-state index contributed by atoms with van der Waals surface area (Å²) in [4.78, 5) is 11.0. The molecule has 1 aromatic carbocycles. The van der Waals surface area contributed by atoms with Gasteiger partial charge in [0.25, 0.3) is 0 Å². The monoisotopic (exact) mass is 296 g/mol. The number of halogens is 2. The molecule has 0 bridgehead atoms. The van der Waals surface area contributed by atoms with Crippen molar-refractivity contribution >= 4 is 28.6 Å². The van der Waals surface area contributed by atoms with Crippen molar-refractivity contribution in [2.45, 2.75) is 0 Å². The van der Waals surface area contributed by atoms with Crippen molar-refractivity contribution in [3.05, 3.63) is 27.1 Å². The summed E-state index contributed by atoms with van der Waals surface area (Å²) in [6.07, 6.45) is 0. The van der Waals surface area contributed by atoms with Gasteiger partial charge in [0.1, 0.15) is 11.6 Å². The summed E-state index contributed by atoms with van der Waals surface area (Å²) >= 11 is 1.79. The molecule has 0 unspecified atom stereocenters. The van der Waals surface area contributed by atoms with Crippen molar-refractivity contribution in [2.75, 3.05) is 7.11 Å². The number of hydrogen-bond donors (Lipinski definition) is 1. The molecule has 13 heavy (non-hydrogen) atoms. The number of benzene rings is 1. The second-order valence-electron chi connectivity index (χ2n) is 2.28. The van der Waals surface area contributed by atoms with Crippen LogP contribution in [-0.2, 0) is 4.74 Å².